The van der Waals surface area contributed by atoms with Crippen LogP contribution in [0.3, 0.4) is 0 Å². The molecule has 2 aliphatic heterocycles. The largest absolute Gasteiger partial charge is 0.348 e. The molecule has 0 saturated carbocycles. The van der Waals surface area contributed by atoms with E-state index in [0.717, 1.165) is 35.4 Å². The number of aromatic nitrogens is 3. The van der Waals surface area contributed by atoms with Crippen LogP contribution < -0.4 is 10.6 Å². The van der Waals surface area contributed by atoms with Gasteiger partial charge in [-0.25, -0.2) is 9.97 Å². The van der Waals surface area contributed by atoms with Crippen LogP contribution in [-0.2, 0) is 24.8 Å². The van der Waals surface area contributed by atoms with E-state index in [0.29, 0.717) is 19.0 Å². The van der Waals surface area contributed by atoms with Crippen molar-refractivity contribution in [1.82, 2.24) is 25.2 Å². The Balaban J connectivity index is 0.00000120. The SMILES string of the molecule is Cl.Cl.Cn1c(CNC(=O)[C@]2(Cc3cscn3)C[C@@H]3CC[C@H]2N3)nc2ccccc21. The molecule has 1 amide bonds. The Kier molecular flexibility index (Phi) is 6.53. The maximum atomic E-state index is 13.4. The molecule has 6 nitrogen and oxygen atoms in total. The number of carbonyl (C=O) groups excluding carboxylic acids is 1. The van der Waals surface area contributed by atoms with Crippen LogP contribution in [0.4, 0.5) is 0 Å². The van der Waals surface area contributed by atoms with E-state index in [1.807, 2.05) is 30.8 Å². The Morgan fingerprint density at radius 1 is 1.34 bits per heavy atom. The summed E-state index contributed by atoms with van der Waals surface area (Å²) in [4.78, 5) is 22.5. The van der Waals surface area contributed by atoms with Crippen LogP contribution in [0.25, 0.3) is 11.0 Å². The van der Waals surface area contributed by atoms with Gasteiger partial charge >= 0.3 is 0 Å². The molecular formula is C20H25Cl2N5OS. The van der Waals surface area contributed by atoms with Crippen LogP contribution in [0.2, 0.25) is 0 Å². The molecular weight excluding hydrogens is 429 g/mol. The fourth-order valence-corrected chi connectivity index (χ4v) is 5.42. The lowest BCUT2D eigenvalue weighted by Crippen LogP contribution is -2.50. The lowest BCUT2D eigenvalue weighted by molar-refractivity contribution is -0.132. The van der Waals surface area contributed by atoms with E-state index in [9.17, 15) is 4.79 Å². The first-order chi connectivity index (χ1) is 13.2. The number of nitrogens with zero attached hydrogens (tertiary/aromatic N) is 3. The second kappa shape index (κ2) is 8.60. The van der Waals surface area contributed by atoms with Crippen LogP contribution in [0.1, 0.15) is 30.8 Å². The van der Waals surface area contributed by atoms with Crippen molar-refractivity contribution in [2.24, 2.45) is 12.5 Å². The maximum Gasteiger partial charge on any atom is 0.228 e. The fraction of sp³-hybridized carbons (Fsp3) is 0.450. The molecule has 3 aromatic rings. The second-order valence-electron chi connectivity index (χ2n) is 7.77. The van der Waals surface area contributed by atoms with Gasteiger partial charge in [-0.3, -0.25) is 4.79 Å². The molecule has 2 bridgehead atoms. The van der Waals surface area contributed by atoms with Crippen LogP contribution in [0.15, 0.2) is 35.2 Å². The number of benzene rings is 1. The normalized spacial score (nSPS) is 24.9. The molecule has 5 rings (SSSR count). The summed E-state index contributed by atoms with van der Waals surface area (Å²) in [5.41, 5.74) is 4.51. The molecule has 0 aliphatic carbocycles. The summed E-state index contributed by atoms with van der Waals surface area (Å²) >= 11 is 1.59. The van der Waals surface area contributed by atoms with E-state index in [4.69, 9.17) is 0 Å². The first kappa shape index (κ1) is 22.0. The Bertz CT molecular complexity index is 992. The predicted molar refractivity (Wildman–Crippen MR) is 120 cm³/mol. The highest BCUT2D eigenvalue weighted by Crippen LogP contribution is 2.45. The van der Waals surface area contributed by atoms with E-state index >= 15 is 0 Å². The zero-order chi connectivity index (χ0) is 18.4. The quantitative estimate of drug-likeness (QED) is 0.621. The number of aryl methyl sites for hydroxylation is 1. The second-order valence-corrected chi connectivity index (χ2v) is 8.49. The van der Waals surface area contributed by atoms with Gasteiger partial charge in [-0.15, -0.1) is 36.2 Å². The minimum atomic E-state index is -0.401. The summed E-state index contributed by atoms with van der Waals surface area (Å²) in [5, 5.41) is 8.89. The Labute approximate surface area is 186 Å². The van der Waals surface area contributed by atoms with Crippen molar-refractivity contribution < 1.29 is 4.79 Å². The van der Waals surface area contributed by atoms with Gasteiger partial charge in [0.05, 0.1) is 34.2 Å². The summed E-state index contributed by atoms with van der Waals surface area (Å²) in [7, 11) is 2.00. The standard InChI is InChI=1S/C20H23N5OS.2ClH/c1-25-16-5-3-2-4-15(16)24-18(25)10-21-19(26)20(9-14-11-27-12-22-14)8-13-6-7-17(20)23-13;;/h2-5,11-13,17,23H,6-10H2,1H3,(H,21,26);2*1H/t13-,17+,20-;;/m0../s1. The lowest BCUT2D eigenvalue weighted by Gasteiger charge is -2.34. The zero-order valence-electron chi connectivity index (χ0n) is 16.1. The Morgan fingerprint density at radius 3 is 2.83 bits per heavy atom. The number of fused-ring (bicyclic) bond motifs is 3. The number of halogens is 2. The summed E-state index contributed by atoms with van der Waals surface area (Å²) in [6, 6.07) is 8.75. The smallest absolute Gasteiger partial charge is 0.228 e. The van der Waals surface area contributed by atoms with Gasteiger partial charge in [0.25, 0.3) is 0 Å². The van der Waals surface area contributed by atoms with Crippen LogP contribution >= 0.6 is 36.2 Å². The fourth-order valence-electron chi connectivity index (χ4n) is 4.86. The van der Waals surface area contributed by atoms with Crippen LogP contribution in [-0.4, -0.2) is 32.5 Å². The zero-order valence-corrected chi connectivity index (χ0v) is 18.6. The number of imidazole rings is 1. The molecule has 29 heavy (non-hydrogen) atoms. The van der Waals surface area contributed by atoms with Crippen molar-refractivity contribution >= 4 is 53.1 Å². The molecule has 2 aromatic heterocycles. The monoisotopic (exact) mass is 453 g/mol. The summed E-state index contributed by atoms with van der Waals surface area (Å²) in [5.74, 6) is 1.01. The van der Waals surface area contributed by atoms with E-state index in [-0.39, 0.29) is 36.8 Å². The highest BCUT2D eigenvalue weighted by atomic mass is 35.5. The van der Waals surface area contributed by atoms with Crippen molar-refractivity contribution in [2.45, 2.75) is 44.3 Å². The molecule has 2 fully saturated rings. The number of hydrogen-bond acceptors (Lipinski definition) is 5. The van der Waals surface area contributed by atoms with Crippen LogP contribution in [0.5, 0.6) is 0 Å². The number of hydrogen-bond donors (Lipinski definition) is 2. The predicted octanol–water partition coefficient (Wildman–Crippen LogP) is 3.24. The van der Waals surface area contributed by atoms with Crippen molar-refractivity contribution in [3.63, 3.8) is 0 Å². The average molecular weight is 454 g/mol. The van der Waals surface area contributed by atoms with Crippen molar-refractivity contribution in [3.8, 4) is 0 Å². The highest BCUT2D eigenvalue weighted by molar-refractivity contribution is 7.07. The molecule has 156 valence electrons. The number of amides is 1. The van der Waals surface area contributed by atoms with Gasteiger partial charge in [0, 0.05) is 30.9 Å². The Hall–Kier alpha value is -1.67. The molecule has 0 spiro atoms. The molecule has 4 heterocycles. The van der Waals surface area contributed by atoms with Crippen molar-refractivity contribution in [1.29, 1.82) is 0 Å². The third kappa shape index (κ3) is 3.77. The Morgan fingerprint density at radius 2 is 2.17 bits per heavy atom. The van der Waals surface area contributed by atoms with Gasteiger partial charge in [0.1, 0.15) is 5.82 Å². The van der Waals surface area contributed by atoms with E-state index < -0.39 is 5.41 Å². The first-order valence-corrected chi connectivity index (χ1v) is 10.4. The molecule has 9 heteroatoms. The molecule has 2 N–H and O–H groups in total. The third-order valence-corrected chi connectivity index (χ3v) is 6.87. The van der Waals surface area contributed by atoms with Crippen LogP contribution in [0, 0.1) is 5.41 Å². The number of rotatable bonds is 5. The topological polar surface area (TPSA) is 71.8 Å². The summed E-state index contributed by atoms with van der Waals surface area (Å²) in [6.45, 7) is 0.445. The molecule has 1 aromatic carbocycles. The van der Waals surface area contributed by atoms with Gasteiger partial charge < -0.3 is 15.2 Å². The first-order valence-electron chi connectivity index (χ1n) is 9.47. The van der Waals surface area contributed by atoms with Gasteiger partial charge in [0.15, 0.2) is 0 Å². The number of thiazole rings is 1. The van der Waals surface area contributed by atoms with E-state index in [1.165, 1.54) is 6.42 Å². The number of nitrogens with one attached hydrogen (secondary N) is 2. The summed E-state index contributed by atoms with van der Waals surface area (Å²) in [6.07, 6.45) is 3.83. The van der Waals surface area contributed by atoms with Gasteiger partial charge in [0.2, 0.25) is 5.91 Å². The minimum absolute atomic E-state index is 0. The van der Waals surface area contributed by atoms with Gasteiger partial charge in [-0.1, -0.05) is 12.1 Å². The number of para-hydroxylation sites is 2. The lowest BCUT2D eigenvalue weighted by atomic mass is 9.70. The van der Waals surface area contributed by atoms with Gasteiger partial charge in [-0.05, 0) is 31.4 Å². The highest BCUT2D eigenvalue weighted by Gasteiger charge is 2.55. The number of carbonyl (C=O) groups is 1. The maximum absolute atomic E-state index is 13.4. The molecule has 2 aliphatic rings. The molecule has 3 atom stereocenters. The van der Waals surface area contributed by atoms with Crippen molar-refractivity contribution in [2.75, 3.05) is 0 Å². The molecule has 0 unspecified atom stereocenters. The van der Waals surface area contributed by atoms with E-state index in [2.05, 4.69) is 36.6 Å². The molecule has 2 saturated heterocycles. The third-order valence-electron chi connectivity index (χ3n) is 6.24. The summed E-state index contributed by atoms with van der Waals surface area (Å²) < 4.78 is 2.06. The van der Waals surface area contributed by atoms with Crippen molar-refractivity contribution in [3.05, 3.63) is 46.7 Å². The van der Waals surface area contributed by atoms with E-state index in [1.54, 1.807) is 11.3 Å². The van der Waals surface area contributed by atoms with Gasteiger partial charge in [-0.2, -0.15) is 0 Å². The molecule has 0 radical (unpaired) electrons. The minimum Gasteiger partial charge on any atom is -0.348 e. The average Bonchev–Trinajstić information content (AvgIpc) is 3.45.